The van der Waals surface area contributed by atoms with Gasteiger partial charge in [0.25, 0.3) is 5.69 Å². The highest BCUT2D eigenvalue weighted by Gasteiger charge is 2.31. The molecule has 2 aromatic rings. The predicted molar refractivity (Wildman–Crippen MR) is 117 cm³/mol. The van der Waals surface area contributed by atoms with Crippen molar-refractivity contribution in [1.29, 1.82) is 0 Å². The summed E-state index contributed by atoms with van der Waals surface area (Å²) in [5.74, 6) is -0.503. The predicted octanol–water partition coefficient (Wildman–Crippen LogP) is 3.55. The van der Waals surface area contributed by atoms with Crippen molar-refractivity contribution in [1.82, 2.24) is 5.32 Å². The minimum atomic E-state index is -3.88. The third kappa shape index (κ3) is 5.15. The number of hydrogen-bond donors (Lipinski definition) is 1. The largest absolute Gasteiger partial charge is 0.348 e. The molecule has 0 heterocycles. The summed E-state index contributed by atoms with van der Waals surface area (Å²) < 4.78 is 25.8. The van der Waals surface area contributed by atoms with Crippen LogP contribution < -0.4 is 9.62 Å². The van der Waals surface area contributed by atoms with Gasteiger partial charge in [-0.1, -0.05) is 18.2 Å². The number of non-ortho nitro benzene ring substituents is 1. The van der Waals surface area contributed by atoms with Crippen molar-refractivity contribution in [2.24, 2.45) is 0 Å². The average molecular weight is 434 g/mol. The van der Waals surface area contributed by atoms with Gasteiger partial charge in [-0.25, -0.2) is 8.42 Å². The van der Waals surface area contributed by atoms with Crippen LogP contribution in [0.3, 0.4) is 0 Å². The molecular formula is C21H27N3O5S. The summed E-state index contributed by atoms with van der Waals surface area (Å²) in [5.41, 5.74) is 4.02. The maximum atomic E-state index is 12.9. The molecule has 0 spiro atoms. The molecule has 2 rings (SSSR count). The van der Waals surface area contributed by atoms with Crippen molar-refractivity contribution in [2.75, 3.05) is 10.6 Å². The Bertz CT molecular complexity index is 1080. The molecule has 8 nitrogen and oxygen atoms in total. The standard InChI is InChI=1S/C21H27N3O5S/c1-13-10-15(3)20(11-14(13)2)16(4)22-21(25)17(5)23(30(6,28)29)18-8-7-9-19(12-18)24(26)27/h7-12,16-17H,1-6H3,(H,22,25)/t16-,17+/m0/s1. The topological polar surface area (TPSA) is 110 Å². The molecule has 0 unspecified atom stereocenters. The zero-order chi connectivity index (χ0) is 22.8. The lowest BCUT2D eigenvalue weighted by molar-refractivity contribution is -0.384. The lowest BCUT2D eigenvalue weighted by atomic mass is 9.96. The number of carbonyl (C=O) groups excluding carboxylic acids is 1. The number of benzene rings is 2. The number of nitrogens with one attached hydrogen (secondary N) is 1. The number of nitro groups is 1. The van der Waals surface area contributed by atoms with Gasteiger partial charge < -0.3 is 5.32 Å². The minimum absolute atomic E-state index is 0.0596. The molecule has 1 N–H and O–H groups in total. The van der Waals surface area contributed by atoms with Crippen LogP contribution in [-0.4, -0.2) is 31.5 Å². The van der Waals surface area contributed by atoms with E-state index in [1.54, 1.807) is 0 Å². The zero-order valence-electron chi connectivity index (χ0n) is 18.0. The van der Waals surface area contributed by atoms with Gasteiger partial charge in [-0.15, -0.1) is 0 Å². The Morgan fingerprint density at radius 2 is 1.67 bits per heavy atom. The maximum Gasteiger partial charge on any atom is 0.271 e. The maximum absolute atomic E-state index is 12.9. The second-order valence-electron chi connectivity index (χ2n) is 7.54. The fraction of sp³-hybridized carbons (Fsp3) is 0.381. The molecule has 0 fully saturated rings. The Kier molecular flexibility index (Phi) is 6.87. The Morgan fingerprint density at radius 3 is 2.23 bits per heavy atom. The van der Waals surface area contributed by atoms with Gasteiger partial charge in [0.2, 0.25) is 15.9 Å². The van der Waals surface area contributed by atoms with Crippen LogP contribution in [0.5, 0.6) is 0 Å². The number of sulfonamides is 1. The lowest BCUT2D eigenvalue weighted by Gasteiger charge is -2.29. The van der Waals surface area contributed by atoms with Crippen molar-refractivity contribution >= 4 is 27.3 Å². The fourth-order valence-electron chi connectivity index (χ4n) is 3.41. The molecule has 30 heavy (non-hydrogen) atoms. The molecule has 0 aliphatic rings. The van der Waals surface area contributed by atoms with Crippen molar-refractivity contribution < 1.29 is 18.1 Å². The highest BCUT2D eigenvalue weighted by molar-refractivity contribution is 7.92. The first-order valence-corrected chi connectivity index (χ1v) is 11.3. The van der Waals surface area contributed by atoms with E-state index in [9.17, 15) is 23.3 Å². The van der Waals surface area contributed by atoms with Crippen LogP contribution in [-0.2, 0) is 14.8 Å². The first-order valence-electron chi connectivity index (χ1n) is 9.45. The SMILES string of the molecule is Cc1cc(C)c([C@H](C)NC(=O)[C@@H](C)N(c2cccc([N+](=O)[O-])c2)S(C)(=O)=O)cc1C. The molecule has 0 aliphatic heterocycles. The van der Waals surface area contributed by atoms with Crippen molar-refractivity contribution in [3.8, 4) is 0 Å². The third-order valence-corrected chi connectivity index (χ3v) is 6.33. The molecule has 0 bridgehead atoms. The van der Waals surface area contributed by atoms with Crippen molar-refractivity contribution in [3.05, 3.63) is 68.8 Å². The molecule has 0 saturated carbocycles. The monoisotopic (exact) mass is 433 g/mol. The summed E-state index contributed by atoms with van der Waals surface area (Å²) in [7, 11) is -3.88. The van der Waals surface area contributed by atoms with E-state index >= 15 is 0 Å². The second-order valence-corrected chi connectivity index (χ2v) is 9.39. The summed E-state index contributed by atoms with van der Waals surface area (Å²) in [6, 6.07) is 7.83. The second kappa shape index (κ2) is 8.83. The van der Waals surface area contributed by atoms with Crippen LogP contribution in [0.15, 0.2) is 36.4 Å². The quantitative estimate of drug-likeness (QED) is 0.530. The molecule has 0 radical (unpaired) electrons. The smallest absolute Gasteiger partial charge is 0.271 e. The molecule has 1 amide bonds. The van der Waals surface area contributed by atoms with Crippen LogP contribution in [0.4, 0.5) is 11.4 Å². The Hall–Kier alpha value is -2.94. The van der Waals surface area contributed by atoms with Crippen LogP contribution >= 0.6 is 0 Å². The van der Waals surface area contributed by atoms with Crippen molar-refractivity contribution in [3.63, 3.8) is 0 Å². The number of nitrogens with zero attached hydrogens (tertiary/aromatic N) is 2. The zero-order valence-corrected chi connectivity index (χ0v) is 18.8. The molecule has 2 aromatic carbocycles. The summed E-state index contributed by atoms with van der Waals surface area (Å²) in [6.07, 6.45) is 0.965. The summed E-state index contributed by atoms with van der Waals surface area (Å²) in [5, 5.41) is 13.9. The van der Waals surface area contributed by atoms with E-state index in [4.69, 9.17) is 0 Å². The molecule has 162 valence electrons. The van der Waals surface area contributed by atoms with Crippen LogP contribution in [0.1, 0.15) is 42.1 Å². The number of anilines is 1. The van der Waals surface area contributed by atoms with Crippen LogP contribution in [0.2, 0.25) is 0 Å². The van der Waals surface area contributed by atoms with Crippen LogP contribution in [0.25, 0.3) is 0 Å². The van der Waals surface area contributed by atoms with Gasteiger partial charge in [0, 0.05) is 12.1 Å². The number of carbonyl (C=O) groups is 1. The van der Waals surface area contributed by atoms with Gasteiger partial charge in [0.15, 0.2) is 0 Å². The van der Waals surface area contributed by atoms with Gasteiger partial charge in [-0.2, -0.15) is 0 Å². The first-order chi connectivity index (χ1) is 13.8. The lowest BCUT2D eigenvalue weighted by Crippen LogP contribution is -2.48. The van der Waals surface area contributed by atoms with Gasteiger partial charge in [-0.05, 0) is 62.9 Å². The Morgan fingerprint density at radius 1 is 1.07 bits per heavy atom. The van der Waals surface area contributed by atoms with Gasteiger partial charge in [-0.3, -0.25) is 19.2 Å². The fourth-order valence-corrected chi connectivity index (χ4v) is 4.58. The van der Waals surface area contributed by atoms with E-state index in [0.717, 1.165) is 38.9 Å². The highest BCUT2D eigenvalue weighted by Crippen LogP contribution is 2.26. The van der Waals surface area contributed by atoms with Gasteiger partial charge in [0.1, 0.15) is 6.04 Å². The van der Waals surface area contributed by atoms with Gasteiger partial charge >= 0.3 is 0 Å². The Labute approximate surface area is 177 Å². The number of rotatable bonds is 7. The normalized spacial score (nSPS) is 13.4. The number of aryl methyl sites for hydroxylation is 3. The van der Waals surface area contributed by atoms with E-state index in [2.05, 4.69) is 5.32 Å². The number of nitro benzene ring substituents is 1. The average Bonchev–Trinajstić information content (AvgIpc) is 2.63. The molecule has 0 aromatic heterocycles. The van der Waals surface area contributed by atoms with E-state index in [-0.39, 0.29) is 17.4 Å². The van der Waals surface area contributed by atoms with E-state index in [0.29, 0.717) is 0 Å². The molecule has 2 atom stereocenters. The Balaban J connectivity index is 2.34. The first kappa shape index (κ1) is 23.3. The number of hydrogen-bond acceptors (Lipinski definition) is 5. The molecular weight excluding hydrogens is 406 g/mol. The van der Waals surface area contributed by atoms with Crippen LogP contribution in [0, 0.1) is 30.9 Å². The summed E-state index contributed by atoms with van der Waals surface area (Å²) in [4.78, 5) is 23.4. The third-order valence-electron chi connectivity index (χ3n) is 5.09. The highest BCUT2D eigenvalue weighted by atomic mass is 32.2. The van der Waals surface area contributed by atoms with Gasteiger partial charge in [0.05, 0.1) is 22.9 Å². The van der Waals surface area contributed by atoms with E-state index in [1.807, 2.05) is 39.8 Å². The molecule has 9 heteroatoms. The van der Waals surface area contributed by atoms with Crippen molar-refractivity contribution in [2.45, 2.75) is 46.7 Å². The molecule has 0 saturated heterocycles. The summed E-state index contributed by atoms with van der Waals surface area (Å²) in [6.45, 7) is 9.25. The number of amides is 1. The van der Waals surface area contributed by atoms with E-state index in [1.165, 1.54) is 25.1 Å². The minimum Gasteiger partial charge on any atom is -0.348 e. The molecule has 0 aliphatic carbocycles. The summed E-state index contributed by atoms with van der Waals surface area (Å²) >= 11 is 0. The van der Waals surface area contributed by atoms with E-state index < -0.39 is 26.9 Å².